The molecule has 7 nitrogen and oxygen atoms in total. The van der Waals surface area contributed by atoms with Gasteiger partial charge in [0.25, 0.3) is 5.91 Å². The van der Waals surface area contributed by atoms with Crippen LogP contribution >= 0.6 is 11.6 Å². The second kappa shape index (κ2) is 7.41. The molecule has 3 aromatic rings. The minimum absolute atomic E-state index is 0.00690. The Bertz CT molecular complexity index is 1010. The van der Waals surface area contributed by atoms with Crippen LogP contribution in [-0.2, 0) is 7.05 Å². The second-order valence-electron chi connectivity index (χ2n) is 7.06. The van der Waals surface area contributed by atoms with Gasteiger partial charge in [-0.05, 0) is 38.1 Å². The lowest BCUT2D eigenvalue weighted by Gasteiger charge is -2.35. The molecule has 1 amide bonds. The molecule has 1 aromatic carbocycles. The summed E-state index contributed by atoms with van der Waals surface area (Å²) in [5, 5.41) is 8.50. The smallest absolute Gasteiger partial charge is 0.254 e. The van der Waals surface area contributed by atoms with Crippen LogP contribution in [0.25, 0.3) is 5.69 Å². The molecule has 0 aliphatic carbocycles. The third kappa shape index (κ3) is 3.21. The number of carbonyl (C=O) groups excluding carboxylic acids is 1. The summed E-state index contributed by atoms with van der Waals surface area (Å²) in [5.41, 5.74) is 3.20. The van der Waals surface area contributed by atoms with Crippen LogP contribution in [0.1, 0.15) is 33.6 Å². The standard InChI is InChI=1S/C20H23ClN6O/c1-13-18(21)14(2)27(24-13)16-6-4-15(5-7-16)20(28)26-11-8-22-12-17(26)19-23-9-10-25(19)3/h4-7,9-10,17,22H,8,11-12H2,1-3H3. The van der Waals surface area contributed by atoms with Gasteiger partial charge in [-0.2, -0.15) is 5.10 Å². The van der Waals surface area contributed by atoms with Crippen molar-refractivity contribution in [1.82, 2.24) is 29.5 Å². The van der Waals surface area contributed by atoms with Gasteiger partial charge in [-0.15, -0.1) is 0 Å². The highest BCUT2D eigenvalue weighted by Gasteiger charge is 2.31. The minimum atomic E-state index is -0.0873. The molecule has 2 aromatic heterocycles. The summed E-state index contributed by atoms with van der Waals surface area (Å²) in [7, 11) is 1.95. The number of rotatable bonds is 3. The van der Waals surface area contributed by atoms with Crippen LogP contribution in [0, 0.1) is 13.8 Å². The van der Waals surface area contributed by atoms with Crippen LogP contribution in [-0.4, -0.2) is 49.8 Å². The monoisotopic (exact) mass is 398 g/mol. The first-order chi connectivity index (χ1) is 13.5. The van der Waals surface area contributed by atoms with E-state index in [0.29, 0.717) is 23.7 Å². The Morgan fingerprint density at radius 1 is 1.25 bits per heavy atom. The maximum Gasteiger partial charge on any atom is 0.254 e. The number of imidazole rings is 1. The number of halogens is 1. The molecular weight excluding hydrogens is 376 g/mol. The van der Waals surface area contributed by atoms with Gasteiger partial charge in [-0.3, -0.25) is 4.79 Å². The molecule has 28 heavy (non-hydrogen) atoms. The van der Waals surface area contributed by atoms with Crippen molar-refractivity contribution in [2.45, 2.75) is 19.9 Å². The van der Waals surface area contributed by atoms with Crippen LogP contribution in [0.5, 0.6) is 0 Å². The van der Waals surface area contributed by atoms with Crippen molar-refractivity contribution in [2.75, 3.05) is 19.6 Å². The Kier molecular flexibility index (Phi) is 4.95. The fraction of sp³-hybridized carbons (Fsp3) is 0.350. The number of hydrogen-bond acceptors (Lipinski definition) is 4. The van der Waals surface area contributed by atoms with E-state index in [9.17, 15) is 4.79 Å². The molecule has 1 aliphatic heterocycles. The lowest BCUT2D eigenvalue weighted by molar-refractivity contribution is 0.0621. The average molecular weight is 399 g/mol. The number of carbonyl (C=O) groups is 1. The highest BCUT2D eigenvalue weighted by molar-refractivity contribution is 6.31. The van der Waals surface area contributed by atoms with Crippen molar-refractivity contribution < 1.29 is 4.79 Å². The zero-order valence-corrected chi connectivity index (χ0v) is 16.9. The van der Waals surface area contributed by atoms with E-state index in [1.165, 1.54) is 0 Å². The third-order valence-corrected chi connectivity index (χ3v) is 5.77. The summed E-state index contributed by atoms with van der Waals surface area (Å²) in [5.74, 6) is 0.891. The van der Waals surface area contributed by atoms with Gasteiger partial charge in [0.15, 0.2) is 0 Å². The Hall–Kier alpha value is -2.64. The number of aryl methyl sites for hydroxylation is 2. The summed E-state index contributed by atoms with van der Waals surface area (Å²) in [4.78, 5) is 19.5. The molecular formula is C20H23ClN6O. The summed E-state index contributed by atoms with van der Waals surface area (Å²) >= 11 is 6.25. The summed E-state index contributed by atoms with van der Waals surface area (Å²) in [6.45, 7) is 5.92. The van der Waals surface area contributed by atoms with E-state index in [1.54, 1.807) is 10.9 Å². The number of aromatic nitrogens is 4. The van der Waals surface area contributed by atoms with E-state index in [2.05, 4.69) is 15.4 Å². The number of benzene rings is 1. The first-order valence-electron chi connectivity index (χ1n) is 9.28. The molecule has 0 spiro atoms. The zero-order chi connectivity index (χ0) is 19.8. The molecule has 0 saturated carbocycles. The molecule has 0 radical (unpaired) electrons. The number of nitrogens with zero attached hydrogens (tertiary/aromatic N) is 5. The fourth-order valence-electron chi connectivity index (χ4n) is 3.66. The SMILES string of the molecule is Cc1nn(-c2ccc(C(=O)N3CCNCC3c3nccn3C)cc2)c(C)c1Cl. The predicted molar refractivity (Wildman–Crippen MR) is 108 cm³/mol. The van der Waals surface area contributed by atoms with E-state index in [0.717, 1.165) is 29.4 Å². The Labute approximate surface area is 168 Å². The molecule has 1 saturated heterocycles. The molecule has 1 fully saturated rings. The summed E-state index contributed by atoms with van der Waals surface area (Å²) in [6.07, 6.45) is 3.67. The third-order valence-electron chi connectivity index (χ3n) is 5.22. The van der Waals surface area contributed by atoms with Gasteiger partial charge in [-0.25, -0.2) is 9.67 Å². The van der Waals surface area contributed by atoms with Gasteiger partial charge >= 0.3 is 0 Å². The summed E-state index contributed by atoms with van der Waals surface area (Å²) in [6, 6.07) is 7.41. The van der Waals surface area contributed by atoms with Gasteiger partial charge < -0.3 is 14.8 Å². The first kappa shape index (κ1) is 18.7. The molecule has 146 valence electrons. The Morgan fingerprint density at radius 3 is 2.61 bits per heavy atom. The molecule has 1 atom stereocenters. The van der Waals surface area contributed by atoms with Crippen LogP contribution in [0.2, 0.25) is 5.02 Å². The summed E-state index contributed by atoms with van der Waals surface area (Å²) < 4.78 is 3.76. The van der Waals surface area contributed by atoms with Crippen LogP contribution in [0.15, 0.2) is 36.7 Å². The molecule has 0 bridgehead atoms. The maximum absolute atomic E-state index is 13.2. The van der Waals surface area contributed by atoms with E-state index in [1.807, 2.05) is 60.8 Å². The van der Waals surface area contributed by atoms with Crippen molar-refractivity contribution >= 4 is 17.5 Å². The van der Waals surface area contributed by atoms with Crippen LogP contribution < -0.4 is 5.32 Å². The van der Waals surface area contributed by atoms with Gasteiger partial charge in [0.05, 0.1) is 22.1 Å². The Balaban J connectivity index is 1.60. The van der Waals surface area contributed by atoms with Crippen molar-refractivity contribution in [1.29, 1.82) is 0 Å². The maximum atomic E-state index is 13.2. The molecule has 1 aliphatic rings. The van der Waals surface area contributed by atoms with Crippen molar-refractivity contribution in [3.63, 3.8) is 0 Å². The Morgan fingerprint density at radius 2 is 2.00 bits per heavy atom. The molecule has 1 N–H and O–H groups in total. The lowest BCUT2D eigenvalue weighted by atomic mass is 10.1. The van der Waals surface area contributed by atoms with E-state index in [4.69, 9.17) is 11.6 Å². The zero-order valence-electron chi connectivity index (χ0n) is 16.2. The quantitative estimate of drug-likeness (QED) is 0.736. The number of piperazine rings is 1. The first-order valence-corrected chi connectivity index (χ1v) is 9.66. The highest BCUT2D eigenvalue weighted by Crippen LogP contribution is 2.25. The van der Waals surface area contributed by atoms with Gasteiger partial charge in [0.2, 0.25) is 0 Å². The molecule has 8 heteroatoms. The highest BCUT2D eigenvalue weighted by atomic mass is 35.5. The van der Waals surface area contributed by atoms with Gasteiger partial charge in [0, 0.05) is 44.6 Å². The fourth-order valence-corrected chi connectivity index (χ4v) is 3.78. The largest absolute Gasteiger partial charge is 0.336 e. The van der Waals surface area contributed by atoms with Crippen LogP contribution in [0.4, 0.5) is 0 Å². The van der Waals surface area contributed by atoms with E-state index < -0.39 is 0 Å². The lowest BCUT2D eigenvalue weighted by Crippen LogP contribution is -2.49. The van der Waals surface area contributed by atoms with Gasteiger partial charge in [0.1, 0.15) is 11.9 Å². The van der Waals surface area contributed by atoms with E-state index in [-0.39, 0.29) is 11.9 Å². The second-order valence-corrected chi connectivity index (χ2v) is 7.44. The number of nitrogens with one attached hydrogen (secondary N) is 1. The normalized spacial score (nSPS) is 17.1. The molecule has 4 rings (SSSR count). The topological polar surface area (TPSA) is 68.0 Å². The van der Waals surface area contributed by atoms with Crippen molar-refractivity contribution in [3.8, 4) is 5.69 Å². The van der Waals surface area contributed by atoms with Crippen LogP contribution in [0.3, 0.4) is 0 Å². The van der Waals surface area contributed by atoms with Crippen molar-refractivity contribution in [3.05, 3.63) is 64.5 Å². The number of amides is 1. The average Bonchev–Trinajstić information content (AvgIpc) is 3.26. The van der Waals surface area contributed by atoms with Gasteiger partial charge in [-0.1, -0.05) is 11.6 Å². The van der Waals surface area contributed by atoms with Crippen molar-refractivity contribution in [2.24, 2.45) is 7.05 Å². The molecule has 1 unspecified atom stereocenters. The predicted octanol–water partition coefficient (Wildman–Crippen LogP) is 2.66. The molecule has 3 heterocycles. The van der Waals surface area contributed by atoms with E-state index >= 15 is 0 Å². The minimum Gasteiger partial charge on any atom is -0.336 e. The number of hydrogen-bond donors (Lipinski definition) is 1.